The van der Waals surface area contributed by atoms with Crippen molar-refractivity contribution in [3.05, 3.63) is 58.8 Å². The maximum absolute atomic E-state index is 13.1. The average Bonchev–Trinajstić information content (AvgIpc) is 2.96. The van der Waals surface area contributed by atoms with Crippen LogP contribution in [0.1, 0.15) is 16.2 Å². The molecule has 3 aromatic rings. The Morgan fingerprint density at radius 1 is 1.28 bits per heavy atom. The van der Waals surface area contributed by atoms with Crippen LogP contribution in [-0.2, 0) is 9.53 Å². The molecule has 0 aliphatic heterocycles. The number of halogens is 2. The lowest BCUT2D eigenvalue weighted by atomic mass is 10.3. The van der Waals surface area contributed by atoms with E-state index in [0.29, 0.717) is 17.2 Å². The van der Waals surface area contributed by atoms with Gasteiger partial charge in [0, 0.05) is 11.9 Å². The van der Waals surface area contributed by atoms with Gasteiger partial charge in [-0.25, -0.2) is 9.18 Å². The second kappa shape index (κ2) is 6.86. The molecule has 7 nitrogen and oxygen atoms in total. The Labute approximate surface area is 146 Å². The van der Waals surface area contributed by atoms with Gasteiger partial charge in [-0.05, 0) is 37.3 Å². The first-order chi connectivity index (χ1) is 11.9. The zero-order chi connectivity index (χ0) is 18.0. The summed E-state index contributed by atoms with van der Waals surface area (Å²) in [6.45, 7) is 1.25. The van der Waals surface area contributed by atoms with Crippen LogP contribution in [0.4, 0.5) is 10.1 Å². The summed E-state index contributed by atoms with van der Waals surface area (Å²) in [6.07, 6.45) is 1.53. The highest BCUT2D eigenvalue weighted by Gasteiger charge is 2.13. The van der Waals surface area contributed by atoms with Gasteiger partial charge in [0.05, 0.1) is 10.6 Å². The minimum absolute atomic E-state index is 0.118. The van der Waals surface area contributed by atoms with E-state index in [1.165, 1.54) is 24.4 Å². The van der Waals surface area contributed by atoms with Crippen molar-refractivity contribution in [3.63, 3.8) is 0 Å². The number of nitrogens with zero attached hydrogens (tertiary/aromatic N) is 3. The summed E-state index contributed by atoms with van der Waals surface area (Å²) in [5.74, 6) is -1.21. The lowest BCUT2D eigenvalue weighted by Gasteiger charge is -2.07. The molecule has 0 aliphatic carbocycles. The molecule has 1 amide bonds. The standard InChI is InChI=1S/C16H12ClFN4O3/c1-9-20-21-14-5-2-10(7-22(9)14)16(24)25-8-15(23)19-11-3-4-13(18)12(17)6-11/h2-7H,8H2,1H3,(H,19,23). The lowest BCUT2D eigenvalue weighted by molar-refractivity contribution is -0.119. The zero-order valence-corrected chi connectivity index (χ0v) is 13.7. The number of hydrogen-bond acceptors (Lipinski definition) is 5. The van der Waals surface area contributed by atoms with Gasteiger partial charge in [0.25, 0.3) is 5.91 Å². The Hall–Kier alpha value is -3.00. The SMILES string of the molecule is Cc1nnc2ccc(C(=O)OCC(=O)Nc3ccc(F)c(Cl)c3)cn12. The molecule has 0 atom stereocenters. The van der Waals surface area contributed by atoms with E-state index in [9.17, 15) is 14.0 Å². The number of ether oxygens (including phenoxy) is 1. The molecule has 0 radical (unpaired) electrons. The van der Waals surface area contributed by atoms with Crippen LogP contribution in [-0.4, -0.2) is 33.1 Å². The number of pyridine rings is 1. The molecule has 3 rings (SSSR count). The second-order valence-electron chi connectivity index (χ2n) is 5.15. The van der Waals surface area contributed by atoms with Gasteiger partial charge in [0.1, 0.15) is 11.6 Å². The van der Waals surface area contributed by atoms with Crippen molar-refractivity contribution >= 4 is 34.8 Å². The predicted octanol–water partition coefficient (Wildman–Crippen LogP) is 2.63. The van der Waals surface area contributed by atoms with E-state index in [0.717, 1.165) is 6.07 Å². The van der Waals surface area contributed by atoms with E-state index >= 15 is 0 Å². The molecule has 0 fully saturated rings. The first-order valence-corrected chi connectivity index (χ1v) is 7.55. The number of rotatable bonds is 4. The third-order valence-corrected chi connectivity index (χ3v) is 3.64. The monoisotopic (exact) mass is 362 g/mol. The maximum atomic E-state index is 13.1. The molecule has 0 bridgehead atoms. The van der Waals surface area contributed by atoms with Gasteiger partial charge < -0.3 is 10.1 Å². The Bertz CT molecular complexity index is 973. The summed E-state index contributed by atoms with van der Waals surface area (Å²) < 4.78 is 19.7. The van der Waals surface area contributed by atoms with Gasteiger partial charge in [0.15, 0.2) is 12.3 Å². The number of aromatic nitrogens is 3. The van der Waals surface area contributed by atoms with Crippen LogP contribution in [0.2, 0.25) is 5.02 Å². The molecular formula is C16H12ClFN4O3. The first kappa shape index (κ1) is 16.8. The van der Waals surface area contributed by atoms with Gasteiger partial charge in [-0.15, -0.1) is 10.2 Å². The van der Waals surface area contributed by atoms with E-state index in [1.807, 2.05) is 0 Å². The van der Waals surface area contributed by atoms with Gasteiger partial charge >= 0.3 is 5.97 Å². The number of nitrogens with one attached hydrogen (secondary N) is 1. The summed E-state index contributed by atoms with van der Waals surface area (Å²) in [4.78, 5) is 23.9. The van der Waals surface area contributed by atoms with Gasteiger partial charge in [-0.2, -0.15) is 0 Å². The van der Waals surface area contributed by atoms with Crippen LogP contribution >= 0.6 is 11.6 Å². The number of amides is 1. The number of carbonyl (C=O) groups excluding carboxylic acids is 2. The third-order valence-electron chi connectivity index (χ3n) is 3.35. The van der Waals surface area contributed by atoms with Crippen LogP contribution in [0.5, 0.6) is 0 Å². The van der Waals surface area contributed by atoms with Gasteiger partial charge in [-0.1, -0.05) is 11.6 Å². The highest BCUT2D eigenvalue weighted by molar-refractivity contribution is 6.31. The largest absolute Gasteiger partial charge is 0.452 e. The van der Waals surface area contributed by atoms with Crippen molar-refractivity contribution in [2.45, 2.75) is 6.92 Å². The van der Waals surface area contributed by atoms with E-state index in [2.05, 4.69) is 15.5 Å². The number of hydrogen-bond donors (Lipinski definition) is 1. The summed E-state index contributed by atoms with van der Waals surface area (Å²) in [5.41, 5.74) is 1.15. The quantitative estimate of drug-likeness (QED) is 0.721. The predicted molar refractivity (Wildman–Crippen MR) is 88.0 cm³/mol. The molecule has 2 aromatic heterocycles. The van der Waals surface area contributed by atoms with E-state index < -0.39 is 24.3 Å². The molecule has 1 N–H and O–H groups in total. The van der Waals surface area contributed by atoms with Crippen molar-refractivity contribution in [2.75, 3.05) is 11.9 Å². The highest BCUT2D eigenvalue weighted by atomic mass is 35.5. The van der Waals surface area contributed by atoms with Crippen molar-refractivity contribution in [1.29, 1.82) is 0 Å². The molecule has 0 spiro atoms. The van der Waals surface area contributed by atoms with Crippen LogP contribution in [0.25, 0.3) is 5.65 Å². The normalized spacial score (nSPS) is 10.7. The molecule has 2 heterocycles. The number of anilines is 1. The van der Waals surface area contributed by atoms with Crippen LogP contribution in [0, 0.1) is 12.7 Å². The van der Waals surface area contributed by atoms with Crippen molar-refractivity contribution in [3.8, 4) is 0 Å². The molecule has 0 unspecified atom stereocenters. The number of carbonyl (C=O) groups is 2. The zero-order valence-electron chi connectivity index (χ0n) is 13.0. The summed E-state index contributed by atoms with van der Waals surface area (Å²) >= 11 is 5.63. The fraction of sp³-hybridized carbons (Fsp3) is 0.125. The van der Waals surface area contributed by atoms with Gasteiger partial charge in [-0.3, -0.25) is 9.20 Å². The number of fused-ring (bicyclic) bond motifs is 1. The molecule has 9 heteroatoms. The number of esters is 1. The lowest BCUT2D eigenvalue weighted by Crippen LogP contribution is -2.21. The smallest absolute Gasteiger partial charge is 0.340 e. The Morgan fingerprint density at radius 3 is 2.84 bits per heavy atom. The van der Waals surface area contributed by atoms with Crippen molar-refractivity contribution in [2.24, 2.45) is 0 Å². The third kappa shape index (κ3) is 3.74. The fourth-order valence-corrected chi connectivity index (χ4v) is 2.29. The first-order valence-electron chi connectivity index (χ1n) is 7.17. The molecule has 1 aromatic carbocycles. The maximum Gasteiger partial charge on any atom is 0.340 e. The van der Waals surface area contributed by atoms with Crippen molar-refractivity contribution in [1.82, 2.24) is 14.6 Å². The van der Waals surface area contributed by atoms with Gasteiger partial charge in [0.2, 0.25) is 0 Å². The van der Waals surface area contributed by atoms with Crippen molar-refractivity contribution < 1.29 is 18.7 Å². The minimum Gasteiger partial charge on any atom is -0.452 e. The number of aryl methyl sites for hydroxylation is 1. The fourth-order valence-electron chi connectivity index (χ4n) is 2.11. The Balaban J connectivity index is 1.61. The average molecular weight is 363 g/mol. The molecular weight excluding hydrogens is 351 g/mol. The summed E-state index contributed by atoms with van der Waals surface area (Å²) in [6, 6.07) is 6.89. The van der Waals surface area contributed by atoms with Crippen LogP contribution < -0.4 is 5.32 Å². The molecule has 0 saturated heterocycles. The Morgan fingerprint density at radius 2 is 2.08 bits per heavy atom. The summed E-state index contributed by atoms with van der Waals surface area (Å²) in [7, 11) is 0. The highest BCUT2D eigenvalue weighted by Crippen LogP contribution is 2.19. The topological polar surface area (TPSA) is 85.6 Å². The van der Waals surface area contributed by atoms with E-state index in [4.69, 9.17) is 16.3 Å². The van der Waals surface area contributed by atoms with E-state index in [-0.39, 0.29) is 10.6 Å². The molecule has 128 valence electrons. The molecule has 25 heavy (non-hydrogen) atoms. The Kier molecular flexibility index (Phi) is 4.62. The van der Waals surface area contributed by atoms with E-state index in [1.54, 1.807) is 17.4 Å². The minimum atomic E-state index is -0.665. The summed E-state index contributed by atoms with van der Waals surface area (Å²) in [5, 5.41) is 10.1. The van der Waals surface area contributed by atoms with Crippen LogP contribution in [0.3, 0.4) is 0 Å². The molecule has 0 saturated carbocycles. The molecule has 0 aliphatic rings. The van der Waals surface area contributed by atoms with Crippen LogP contribution in [0.15, 0.2) is 36.5 Å². The number of benzene rings is 1. The second-order valence-corrected chi connectivity index (χ2v) is 5.55.